The number of hydrogen-bond acceptors (Lipinski definition) is 10. The number of benzene rings is 4. The lowest BCUT2D eigenvalue weighted by Crippen LogP contribution is -2.41. The van der Waals surface area contributed by atoms with E-state index in [1.807, 2.05) is 144 Å². The van der Waals surface area contributed by atoms with E-state index >= 15 is 0 Å². The molecule has 0 aromatic heterocycles. The maximum Gasteiger partial charge on any atom is 0.494 e. The third kappa shape index (κ3) is 12.7. The van der Waals surface area contributed by atoms with Gasteiger partial charge in [0.2, 0.25) is 0 Å². The Morgan fingerprint density at radius 2 is 0.812 bits per heavy atom. The van der Waals surface area contributed by atoms with Gasteiger partial charge in [0.05, 0.1) is 33.6 Å². The summed E-state index contributed by atoms with van der Waals surface area (Å²) in [6.45, 7) is 27.2. The Morgan fingerprint density at radius 3 is 1.16 bits per heavy atom. The summed E-state index contributed by atoms with van der Waals surface area (Å²) in [5.41, 5.74) is 1.27. The molecule has 0 aliphatic carbocycles. The Bertz CT molecular complexity index is 2250. The van der Waals surface area contributed by atoms with Crippen LogP contribution in [0, 0.1) is 0 Å². The highest BCUT2D eigenvalue weighted by atomic mass is 79.9. The monoisotopic (exact) mass is 1010 g/mol. The number of nitrogens with zero attached hydrogens (tertiary/aromatic N) is 2. The zero-order chi connectivity index (χ0) is 49.3. The fourth-order valence-electron chi connectivity index (χ4n) is 8.35. The van der Waals surface area contributed by atoms with Gasteiger partial charge in [-0.05, 0) is 149 Å². The summed E-state index contributed by atoms with van der Waals surface area (Å²) >= 11 is 3.36. The molecule has 5 saturated heterocycles. The number of likely N-dealkylation sites (tertiary alicyclic amines) is 2. The minimum atomic E-state index is -0.476. The topological polar surface area (TPSA) is 114 Å². The average Bonchev–Trinajstić information content (AvgIpc) is 4.10. The van der Waals surface area contributed by atoms with E-state index in [4.69, 9.17) is 37.4 Å². The Labute approximate surface area is 420 Å². The highest BCUT2D eigenvalue weighted by Gasteiger charge is 2.63. The predicted octanol–water partition coefficient (Wildman–Crippen LogP) is 11.3. The van der Waals surface area contributed by atoms with E-state index in [-0.39, 0.29) is 53.2 Å². The molecule has 9 rings (SSSR count). The summed E-state index contributed by atoms with van der Waals surface area (Å²) in [5, 5.41) is 0. The highest BCUT2D eigenvalue weighted by Crippen LogP contribution is 2.43. The lowest BCUT2D eigenvalue weighted by atomic mass is 9.49. The molecule has 0 N–H and O–H groups in total. The largest absolute Gasteiger partial charge is 0.494 e. The number of amides is 2. The lowest BCUT2D eigenvalue weighted by Gasteiger charge is -2.32. The Morgan fingerprint density at radius 1 is 0.493 bits per heavy atom. The van der Waals surface area contributed by atoms with Crippen LogP contribution in [0.4, 0.5) is 9.59 Å². The second kappa shape index (κ2) is 21.3. The molecule has 16 heteroatoms. The summed E-state index contributed by atoms with van der Waals surface area (Å²) in [6.07, 6.45) is 1.38. The van der Waals surface area contributed by atoms with Gasteiger partial charge in [-0.25, -0.2) is 9.59 Å². The molecule has 12 nitrogen and oxygen atoms in total. The van der Waals surface area contributed by atoms with Crippen molar-refractivity contribution in [1.82, 2.24) is 9.80 Å². The minimum Gasteiger partial charge on any atom is -0.410 e. The molecule has 2 atom stereocenters. The quantitative estimate of drug-likeness (QED) is 0.173. The first-order chi connectivity index (χ1) is 31.9. The molecule has 0 radical (unpaired) electrons. The molecular weight excluding hydrogens is 937 g/mol. The molecule has 0 spiro atoms. The number of ether oxygens (including phenoxy) is 2. The summed E-state index contributed by atoms with van der Waals surface area (Å²) < 4.78 is 47.9. The first-order valence-corrected chi connectivity index (χ1v) is 24.6. The van der Waals surface area contributed by atoms with Crippen molar-refractivity contribution in [3.8, 4) is 11.5 Å². The first-order valence-electron chi connectivity index (χ1n) is 23.8. The van der Waals surface area contributed by atoms with E-state index in [2.05, 4.69) is 40.2 Å². The number of rotatable bonds is 6. The van der Waals surface area contributed by atoms with Crippen LogP contribution in [0.3, 0.4) is 0 Å². The smallest absolute Gasteiger partial charge is 0.410 e. The number of carbonyl (C=O) groups excluding carboxylic acids is 2. The molecule has 2 amide bonds. The summed E-state index contributed by atoms with van der Waals surface area (Å²) in [7, 11) is -1.37. The van der Waals surface area contributed by atoms with Crippen molar-refractivity contribution in [2.24, 2.45) is 0 Å². The van der Waals surface area contributed by atoms with Crippen molar-refractivity contribution in [1.29, 1.82) is 0 Å². The second-order valence-electron chi connectivity index (χ2n) is 21.3. The van der Waals surface area contributed by atoms with Crippen molar-refractivity contribution in [2.75, 3.05) is 26.2 Å². The average molecular weight is 1010 g/mol. The van der Waals surface area contributed by atoms with Crippen LogP contribution in [0.2, 0.25) is 0 Å². The van der Waals surface area contributed by atoms with Crippen molar-refractivity contribution in [3.05, 3.63) is 125 Å². The van der Waals surface area contributed by atoms with Gasteiger partial charge in [0.15, 0.2) is 0 Å². The normalized spacial score (nSPS) is 23.3. The fourth-order valence-corrected chi connectivity index (χ4v) is 8.62. The van der Waals surface area contributed by atoms with E-state index in [0.29, 0.717) is 36.4 Å². The molecule has 5 aliphatic rings. The van der Waals surface area contributed by atoms with Crippen LogP contribution in [0.1, 0.15) is 126 Å². The molecule has 370 valence electrons. The van der Waals surface area contributed by atoms with Gasteiger partial charge in [-0.1, -0.05) is 96.2 Å². The lowest BCUT2D eigenvalue weighted by molar-refractivity contribution is 0.00578. The second-order valence-corrected chi connectivity index (χ2v) is 22.2. The van der Waals surface area contributed by atoms with Crippen LogP contribution < -0.4 is 14.9 Å². The SMILES string of the molecule is C.CC1(C)OB(B2OC(C)(C)C(C)(C)O2)OC1(C)C.CC1(C)OB(c2ccc(OC(=O)N3CCC(c4ccccc4)C3)cc2)OC1(C)C.O=C(Oc1ccc(Br)cc1)N1CCC(c2ccccc2)C1. The van der Waals surface area contributed by atoms with E-state index in [0.717, 1.165) is 35.9 Å². The van der Waals surface area contributed by atoms with Crippen molar-refractivity contribution >= 4 is 54.7 Å². The Hall–Kier alpha value is -4.15. The predicted molar refractivity (Wildman–Crippen MR) is 278 cm³/mol. The zero-order valence-electron chi connectivity index (χ0n) is 41.9. The molecule has 5 fully saturated rings. The van der Waals surface area contributed by atoms with Gasteiger partial charge < -0.3 is 47.2 Å². The summed E-state index contributed by atoms with van der Waals surface area (Å²) in [5.74, 6) is 1.88. The molecule has 0 bridgehead atoms. The molecule has 0 saturated carbocycles. The third-order valence-electron chi connectivity index (χ3n) is 14.8. The van der Waals surface area contributed by atoms with Crippen LogP contribution in [0.5, 0.6) is 11.5 Å². The van der Waals surface area contributed by atoms with Crippen LogP contribution in [0.15, 0.2) is 114 Å². The van der Waals surface area contributed by atoms with Gasteiger partial charge >= 0.3 is 33.3 Å². The van der Waals surface area contributed by atoms with Crippen molar-refractivity contribution in [2.45, 2.75) is 149 Å². The van der Waals surface area contributed by atoms with Gasteiger partial charge in [-0.2, -0.15) is 0 Å². The molecule has 4 aromatic rings. The standard InChI is InChI=1S/C23H28BNO4.C17H16BrNO2.C12H24B2O4.CH4/c1-22(2)23(3,4)29-24(28-22)19-10-12-20(13-11-19)27-21(26)25-15-14-18(16-25)17-8-6-5-7-9-17;18-15-6-8-16(9-7-15)21-17(20)19-11-10-14(12-19)13-4-2-1-3-5-13;1-9(2)10(3,4)16-13(15-9)14-17-11(5,6)12(7,8)18-14;/h5-13,18H,14-16H2,1-4H3;1-9,14H,10-12H2;1-8H3;1H4. The Balaban J connectivity index is 0.000000175. The maximum absolute atomic E-state index is 12.6. The van der Waals surface area contributed by atoms with E-state index in [1.165, 1.54) is 11.1 Å². The van der Waals surface area contributed by atoms with Crippen molar-refractivity contribution < 1.29 is 47.0 Å². The highest BCUT2D eigenvalue weighted by molar-refractivity contribution is 9.10. The minimum absolute atomic E-state index is 0. The summed E-state index contributed by atoms with van der Waals surface area (Å²) in [4.78, 5) is 28.3. The fraction of sp³-hybridized carbons (Fsp3) is 0.509. The van der Waals surface area contributed by atoms with Crippen LogP contribution >= 0.6 is 15.9 Å². The molecule has 2 unspecified atom stereocenters. The maximum atomic E-state index is 12.6. The third-order valence-corrected chi connectivity index (χ3v) is 15.4. The molecule has 4 aromatic carbocycles. The number of carbonyl (C=O) groups is 2. The van der Waals surface area contributed by atoms with Gasteiger partial charge in [-0.15, -0.1) is 0 Å². The van der Waals surface area contributed by atoms with Gasteiger partial charge in [-0.3, -0.25) is 0 Å². The molecule has 5 aliphatic heterocycles. The first kappa shape index (κ1) is 54.2. The Kier molecular flexibility index (Phi) is 16.7. The van der Waals surface area contributed by atoms with Crippen LogP contribution in [-0.4, -0.2) is 103 Å². The van der Waals surface area contributed by atoms with Crippen molar-refractivity contribution in [3.63, 3.8) is 0 Å². The van der Waals surface area contributed by atoms with E-state index in [9.17, 15) is 9.59 Å². The van der Waals surface area contributed by atoms with Crippen LogP contribution in [-0.2, 0) is 27.9 Å². The zero-order valence-corrected chi connectivity index (χ0v) is 43.5. The summed E-state index contributed by atoms with van der Waals surface area (Å²) in [6, 6.07) is 35.3. The number of hydrogen-bond donors (Lipinski definition) is 0. The van der Waals surface area contributed by atoms with E-state index < -0.39 is 21.1 Å². The van der Waals surface area contributed by atoms with E-state index in [1.54, 1.807) is 34.1 Å². The molecule has 5 heterocycles. The van der Waals surface area contributed by atoms with Gasteiger partial charge in [0.25, 0.3) is 0 Å². The van der Waals surface area contributed by atoms with Gasteiger partial charge in [0.1, 0.15) is 11.5 Å². The van der Waals surface area contributed by atoms with Crippen LogP contribution in [0.25, 0.3) is 0 Å². The molecular formula is C53H72B3BrN2O10. The number of halogens is 1. The van der Waals surface area contributed by atoms with Gasteiger partial charge in [0, 0.05) is 42.5 Å². The molecule has 69 heavy (non-hydrogen) atoms.